The van der Waals surface area contributed by atoms with Gasteiger partial charge in [0.1, 0.15) is 5.75 Å². The maximum Gasteiger partial charge on any atom is 0.265 e. The Morgan fingerprint density at radius 1 is 1.23 bits per heavy atom. The number of piperidine rings is 1. The van der Waals surface area contributed by atoms with Crippen molar-refractivity contribution in [3.8, 4) is 5.75 Å². The lowest BCUT2D eigenvalue weighted by Gasteiger charge is -2.36. The SMILES string of the molecule is CCCCC1CCN(CC(C)CN2C(=O)COc3ccc(C)cc32)CC1. The molecule has 1 unspecified atom stereocenters. The van der Waals surface area contributed by atoms with Gasteiger partial charge in [-0.3, -0.25) is 4.79 Å². The Bertz CT molecular complexity index is 608. The fourth-order valence-corrected chi connectivity index (χ4v) is 4.27. The van der Waals surface area contributed by atoms with Crippen LogP contribution >= 0.6 is 0 Å². The smallest absolute Gasteiger partial charge is 0.265 e. The van der Waals surface area contributed by atoms with Gasteiger partial charge in [0.15, 0.2) is 6.61 Å². The molecule has 0 spiro atoms. The highest BCUT2D eigenvalue weighted by molar-refractivity contribution is 5.97. The summed E-state index contributed by atoms with van der Waals surface area (Å²) in [5, 5.41) is 0. The monoisotopic (exact) mass is 358 g/mol. The number of unbranched alkanes of at least 4 members (excludes halogenated alkanes) is 1. The normalized spacial score (nSPS) is 20.0. The summed E-state index contributed by atoms with van der Waals surface area (Å²) in [5.41, 5.74) is 2.10. The van der Waals surface area contributed by atoms with Crippen molar-refractivity contribution >= 4 is 11.6 Å². The van der Waals surface area contributed by atoms with Crippen LogP contribution in [0.1, 0.15) is 51.5 Å². The number of carbonyl (C=O) groups is 1. The first-order chi connectivity index (χ1) is 12.6. The summed E-state index contributed by atoms with van der Waals surface area (Å²) in [6, 6.07) is 6.09. The molecule has 0 aliphatic carbocycles. The molecule has 1 aromatic rings. The van der Waals surface area contributed by atoms with Crippen LogP contribution in [-0.2, 0) is 4.79 Å². The largest absolute Gasteiger partial charge is 0.482 e. The van der Waals surface area contributed by atoms with Crippen molar-refractivity contribution < 1.29 is 9.53 Å². The summed E-state index contributed by atoms with van der Waals surface area (Å²) >= 11 is 0. The predicted molar refractivity (Wildman–Crippen MR) is 107 cm³/mol. The third kappa shape index (κ3) is 4.79. The first-order valence-electron chi connectivity index (χ1n) is 10.3. The molecule has 26 heavy (non-hydrogen) atoms. The Balaban J connectivity index is 1.53. The molecule has 0 saturated carbocycles. The molecule has 3 rings (SSSR count). The summed E-state index contributed by atoms with van der Waals surface area (Å²) in [4.78, 5) is 17.0. The maximum atomic E-state index is 12.4. The fourth-order valence-electron chi connectivity index (χ4n) is 4.27. The number of likely N-dealkylation sites (tertiary alicyclic amines) is 1. The Morgan fingerprint density at radius 2 is 2.00 bits per heavy atom. The van der Waals surface area contributed by atoms with Gasteiger partial charge in [0.2, 0.25) is 0 Å². The van der Waals surface area contributed by atoms with Gasteiger partial charge < -0.3 is 14.5 Å². The molecule has 0 radical (unpaired) electrons. The Morgan fingerprint density at radius 3 is 2.73 bits per heavy atom. The quantitative estimate of drug-likeness (QED) is 0.730. The number of hydrogen-bond donors (Lipinski definition) is 0. The van der Waals surface area contributed by atoms with E-state index in [1.807, 2.05) is 17.0 Å². The Kier molecular flexibility index (Phi) is 6.58. The average Bonchev–Trinajstić information content (AvgIpc) is 2.63. The van der Waals surface area contributed by atoms with Gasteiger partial charge in [-0.25, -0.2) is 0 Å². The summed E-state index contributed by atoms with van der Waals surface area (Å²) in [6.45, 7) is 11.0. The zero-order valence-electron chi connectivity index (χ0n) is 16.7. The average molecular weight is 359 g/mol. The van der Waals surface area contributed by atoms with Crippen LogP contribution < -0.4 is 9.64 Å². The van der Waals surface area contributed by atoms with E-state index in [0.717, 1.165) is 36.0 Å². The van der Waals surface area contributed by atoms with Crippen LogP contribution in [0.25, 0.3) is 0 Å². The summed E-state index contributed by atoms with van der Waals surface area (Å²) in [7, 11) is 0. The van der Waals surface area contributed by atoms with E-state index in [1.165, 1.54) is 45.2 Å². The van der Waals surface area contributed by atoms with Crippen LogP contribution in [0, 0.1) is 18.8 Å². The highest BCUT2D eigenvalue weighted by Crippen LogP contribution is 2.33. The van der Waals surface area contributed by atoms with Gasteiger partial charge in [-0.1, -0.05) is 39.2 Å². The number of hydrogen-bond acceptors (Lipinski definition) is 3. The van der Waals surface area contributed by atoms with Gasteiger partial charge in [-0.2, -0.15) is 0 Å². The minimum absolute atomic E-state index is 0.0771. The second-order valence-corrected chi connectivity index (χ2v) is 8.26. The van der Waals surface area contributed by atoms with E-state index >= 15 is 0 Å². The highest BCUT2D eigenvalue weighted by Gasteiger charge is 2.28. The second kappa shape index (κ2) is 8.90. The van der Waals surface area contributed by atoms with Gasteiger partial charge in [-0.05, 0) is 62.4 Å². The molecule has 1 amide bonds. The molecule has 2 heterocycles. The molecule has 1 fully saturated rings. The zero-order chi connectivity index (χ0) is 18.5. The van der Waals surface area contributed by atoms with Crippen LogP contribution in [0.2, 0.25) is 0 Å². The molecule has 0 N–H and O–H groups in total. The number of benzene rings is 1. The molecular formula is C22H34N2O2. The molecule has 144 valence electrons. The van der Waals surface area contributed by atoms with E-state index in [4.69, 9.17) is 4.74 Å². The van der Waals surface area contributed by atoms with Crippen LogP contribution in [-0.4, -0.2) is 43.6 Å². The van der Waals surface area contributed by atoms with E-state index in [9.17, 15) is 4.79 Å². The van der Waals surface area contributed by atoms with Gasteiger partial charge in [0, 0.05) is 13.1 Å². The topological polar surface area (TPSA) is 32.8 Å². The van der Waals surface area contributed by atoms with Gasteiger partial charge in [-0.15, -0.1) is 0 Å². The van der Waals surface area contributed by atoms with Crippen molar-refractivity contribution in [2.45, 2.75) is 52.9 Å². The second-order valence-electron chi connectivity index (χ2n) is 8.26. The first kappa shape index (κ1) is 19.2. The van der Waals surface area contributed by atoms with E-state index < -0.39 is 0 Å². The molecule has 2 aliphatic rings. The molecular weight excluding hydrogens is 324 g/mol. The zero-order valence-corrected chi connectivity index (χ0v) is 16.7. The number of carbonyl (C=O) groups excluding carboxylic acids is 1. The predicted octanol–water partition coefficient (Wildman–Crippen LogP) is 4.26. The molecule has 4 nitrogen and oxygen atoms in total. The van der Waals surface area contributed by atoms with E-state index in [-0.39, 0.29) is 12.5 Å². The number of aryl methyl sites for hydroxylation is 1. The van der Waals surface area contributed by atoms with Gasteiger partial charge in [0.05, 0.1) is 5.69 Å². The molecule has 1 saturated heterocycles. The molecule has 0 bridgehead atoms. The number of rotatable bonds is 7. The Labute approximate surface area is 158 Å². The van der Waals surface area contributed by atoms with Crippen LogP contribution in [0.3, 0.4) is 0 Å². The lowest BCUT2D eigenvalue weighted by atomic mass is 9.91. The number of ether oxygens (including phenoxy) is 1. The minimum Gasteiger partial charge on any atom is -0.482 e. The third-order valence-corrected chi connectivity index (χ3v) is 5.79. The molecule has 1 atom stereocenters. The summed E-state index contributed by atoms with van der Waals surface area (Å²) < 4.78 is 5.59. The Hall–Kier alpha value is -1.55. The fraction of sp³-hybridized carbons (Fsp3) is 0.682. The number of fused-ring (bicyclic) bond motifs is 1. The molecule has 0 aromatic heterocycles. The minimum atomic E-state index is 0.0771. The van der Waals surface area contributed by atoms with Crippen LogP contribution in [0.4, 0.5) is 5.69 Å². The number of anilines is 1. The maximum absolute atomic E-state index is 12.4. The van der Waals surface area contributed by atoms with Crippen LogP contribution in [0.5, 0.6) is 5.75 Å². The summed E-state index contributed by atoms with van der Waals surface area (Å²) in [6.07, 6.45) is 6.76. The van der Waals surface area contributed by atoms with Crippen molar-refractivity contribution in [3.05, 3.63) is 23.8 Å². The summed E-state index contributed by atoms with van der Waals surface area (Å²) in [5.74, 6) is 2.29. The van der Waals surface area contributed by atoms with Crippen molar-refractivity contribution in [2.75, 3.05) is 37.7 Å². The van der Waals surface area contributed by atoms with E-state index in [1.54, 1.807) is 0 Å². The lowest BCUT2D eigenvalue weighted by molar-refractivity contribution is -0.121. The lowest BCUT2D eigenvalue weighted by Crippen LogP contribution is -2.44. The van der Waals surface area contributed by atoms with Crippen molar-refractivity contribution in [1.82, 2.24) is 4.90 Å². The number of nitrogens with zero attached hydrogens (tertiary/aromatic N) is 2. The van der Waals surface area contributed by atoms with E-state index in [2.05, 4.69) is 31.7 Å². The van der Waals surface area contributed by atoms with Crippen molar-refractivity contribution in [3.63, 3.8) is 0 Å². The van der Waals surface area contributed by atoms with E-state index in [0.29, 0.717) is 5.92 Å². The van der Waals surface area contributed by atoms with Crippen molar-refractivity contribution in [2.24, 2.45) is 11.8 Å². The third-order valence-electron chi connectivity index (χ3n) is 5.79. The number of amides is 1. The highest BCUT2D eigenvalue weighted by atomic mass is 16.5. The molecule has 1 aromatic carbocycles. The van der Waals surface area contributed by atoms with Crippen molar-refractivity contribution in [1.29, 1.82) is 0 Å². The molecule has 2 aliphatic heterocycles. The van der Waals surface area contributed by atoms with Crippen LogP contribution in [0.15, 0.2) is 18.2 Å². The van der Waals surface area contributed by atoms with Gasteiger partial charge >= 0.3 is 0 Å². The molecule has 4 heteroatoms. The standard InChI is InChI=1S/C22H34N2O2/c1-4-5-6-19-9-11-23(12-10-19)14-18(3)15-24-20-13-17(2)7-8-21(20)26-16-22(24)25/h7-8,13,18-19H,4-6,9-12,14-16H2,1-3H3. The van der Waals surface area contributed by atoms with Gasteiger partial charge in [0.25, 0.3) is 5.91 Å². The first-order valence-corrected chi connectivity index (χ1v) is 10.3.